The third-order valence-electron chi connectivity index (χ3n) is 3.43. The van der Waals surface area contributed by atoms with Gasteiger partial charge in [-0.15, -0.1) is 0 Å². The van der Waals surface area contributed by atoms with Crippen LogP contribution in [-0.2, 0) is 17.8 Å². The number of benzene rings is 1. The summed E-state index contributed by atoms with van der Waals surface area (Å²) in [6.07, 6.45) is 0.716. The monoisotopic (exact) mass is 305 g/mol. The number of aliphatic carboxylic acids is 1. The summed E-state index contributed by atoms with van der Waals surface area (Å²) in [5.74, 6) is -0.564. The lowest BCUT2D eigenvalue weighted by molar-refractivity contribution is -0.137. The molecule has 1 heterocycles. The van der Waals surface area contributed by atoms with Crippen molar-refractivity contribution in [1.29, 1.82) is 0 Å². The summed E-state index contributed by atoms with van der Waals surface area (Å²) >= 11 is 1.13. The zero-order chi connectivity index (χ0) is 15.6. The van der Waals surface area contributed by atoms with E-state index in [1.807, 2.05) is 31.2 Å². The number of hydrogen-bond acceptors (Lipinski definition) is 3. The van der Waals surface area contributed by atoms with E-state index in [4.69, 9.17) is 5.11 Å². The molecule has 0 atom stereocenters. The molecular formula is C16H19NO3S. The van der Waals surface area contributed by atoms with Gasteiger partial charge >= 0.3 is 10.8 Å². The molecule has 0 unspecified atom stereocenters. The Kier molecular flexibility index (Phi) is 4.63. The Labute approximate surface area is 127 Å². The molecule has 0 bridgehead atoms. The second-order valence-corrected chi connectivity index (χ2v) is 6.30. The van der Waals surface area contributed by atoms with E-state index in [9.17, 15) is 9.59 Å². The van der Waals surface area contributed by atoms with Crippen LogP contribution in [0.4, 0.5) is 0 Å². The average Bonchev–Trinajstić information content (AvgIpc) is 2.75. The first kappa shape index (κ1) is 15.5. The molecule has 1 aromatic carbocycles. The number of aryl methyl sites for hydroxylation is 1. The van der Waals surface area contributed by atoms with E-state index in [-0.39, 0.29) is 11.4 Å². The van der Waals surface area contributed by atoms with Crippen LogP contribution in [0.15, 0.2) is 29.1 Å². The maximum Gasteiger partial charge on any atom is 0.323 e. The molecule has 1 N–H and O–H groups in total. The fraction of sp³-hybridized carbons (Fsp3) is 0.375. The SMILES string of the molecule is CCc1sc(=O)n(CC(=O)O)c1-c1ccc(C(C)C)cc1. The minimum absolute atomic E-state index is 0.211. The van der Waals surface area contributed by atoms with Gasteiger partial charge in [0.25, 0.3) is 0 Å². The van der Waals surface area contributed by atoms with Crippen molar-refractivity contribution in [1.82, 2.24) is 4.57 Å². The van der Waals surface area contributed by atoms with Crippen LogP contribution in [0.1, 0.15) is 37.1 Å². The highest BCUT2D eigenvalue weighted by Crippen LogP contribution is 2.28. The number of thiazole rings is 1. The Balaban J connectivity index is 2.55. The zero-order valence-electron chi connectivity index (χ0n) is 12.4. The zero-order valence-corrected chi connectivity index (χ0v) is 13.2. The van der Waals surface area contributed by atoms with Crippen LogP contribution in [0, 0.1) is 0 Å². The summed E-state index contributed by atoms with van der Waals surface area (Å²) in [4.78, 5) is 23.7. The van der Waals surface area contributed by atoms with Gasteiger partial charge in [0.15, 0.2) is 0 Å². The Morgan fingerprint density at radius 3 is 2.38 bits per heavy atom. The fourth-order valence-electron chi connectivity index (χ4n) is 2.31. The van der Waals surface area contributed by atoms with E-state index >= 15 is 0 Å². The Bertz CT molecular complexity index is 695. The van der Waals surface area contributed by atoms with Gasteiger partial charge in [0.1, 0.15) is 6.54 Å². The summed E-state index contributed by atoms with van der Waals surface area (Å²) in [6.45, 7) is 5.92. The summed E-state index contributed by atoms with van der Waals surface area (Å²) < 4.78 is 1.36. The van der Waals surface area contributed by atoms with Gasteiger partial charge in [0.05, 0.1) is 5.69 Å². The van der Waals surface area contributed by atoms with E-state index in [1.165, 1.54) is 10.1 Å². The third kappa shape index (κ3) is 3.24. The second kappa shape index (κ2) is 6.26. The normalized spacial score (nSPS) is 11.0. The lowest BCUT2D eigenvalue weighted by Gasteiger charge is -2.10. The minimum atomic E-state index is -1.00. The standard InChI is InChI=1S/C16H19NO3S/c1-4-13-15(17(9-14(18)19)16(20)21-13)12-7-5-11(6-8-12)10(2)3/h5-8,10H,4,9H2,1-3H3,(H,18,19). The van der Waals surface area contributed by atoms with E-state index in [1.54, 1.807) is 0 Å². The smallest absolute Gasteiger partial charge is 0.323 e. The quantitative estimate of drug-likeness (QED) is 0.921. The molecule has 5 heteroatoms. The molecule has 0 radical (unpaired) electrons. The lowest BCUT2D eigenvalue weighted by Crippen LogP contribution is -2.19. The van der Waals surface area contributed by atoms with E-state index in [0.717, 1.165) is 27.5 Å². The number of carboxylic acids is 1. The molecule has 0 fully saturated rings. The molecule has 112 valence electrons. The molecule has 4 nitrogen and oxygen atoms in total. The molecule has 0 amide bonds. The Morgan fingerprint density at radius 2 is 1.90 bits per heavy atom. The van der Waals surface area contributed by atoms with Crippen LogP contribution in [0.2, 0.25) is 0 Å². The van der Waals surface area contributed by atoms with Crippen molar-refractivity contribution < 1.29 is 9.90 Å². The van der Waals surface area contributed by atoms with Gasteiger partial charge in [-0.25, -0.2) is 0 Å². The van der Waals surface area contributed by atoms with E-state index in [2.05, 4.69) is 13.8 Å². The molecule has 0 aliphatic heterocycles. The van der Waals surface area contributed by atoms with Crippen molar-refractivity contribution in [3.8, 4) is 11.3 Å². The van der Waals surface area contributed by atoms with Gasteiger partial charge in [-0.3, -0.25) is 14.2 Å². The molecule has 0 aliphatic carbocycles. The van der Waals surface area contributed by atoms with Crippen LogP contribution in [0.5, 0.6) is 0 Å². The molecule has 0 aliphatic rings. The molecule has 2 rings (SSSR count). The molecule has 0 saturated carbocycles. The van der Waals surface area contributed by atoms with Crippen molar-refractivity contribution in [2.45, 2.75) is 39.7 Å². The number of carbonyl (C=O) groups is 1. The second-order valence-electron chi connectivity index (χ2n) is 5.25. The first-order valence-corrected chi connectivity index (χ1v) is 7.80. The topological polar surface area (TPSA) is 59.3 Å². The molecular weight excluding hydrogens is 286 g/mol. The lowest BCUT2D eigenvalue weighted by atomic mass is 10.0. The number of rotatable bonds is 5. The van der Waals surface area contributed by atoms with E-state index in [0.29, 0.717) is 12.3 Å². The van der Waals surface area contributed by atoms with Crippen molar-refractivity contribution in [3.63, 3.8) is 0 Å². The third-order valence-corrected chi connectivity index (χ3v) is 4.55. The summed E-state index contributed by atoms with van der Waals surface area (Å²) in [5, 5.41) is 9.01. The summed E-state index contributed by atoms with van der Waals surface area (Å²) in [7, 11) is 0. The van der Waals surface area contributed by atoms with Gasteiger partial charge in [0, 0.05) is 4.88 Å². The van der Waals surface area contributed by atoms with Crippen LogP contribution in [0.3, 0.4) is 0 Å². The molecule has 2 aromatic rings. The van der Waals surface area contributed by atoms with Crippen molar-refractivity contribution in [2.24, 2.45) is 0 Å². The molecule has 0 saturated heterocycles. The van der Waals surface area contributed by atoms with Gasteiger partial charge in [-0.05, 0) is 23.5 Å². The van der Waals surface area contributed by atoms with Gasteiger partial charge in [-0.2, -0.15) is 0 Å². The first-order valence-electron chi connectivity index (χ1n) is 6.98. The largest absolute Gasteiger partial charge is 0.480 e. The Hall–Kier alpha value is -1.88. The maximum absolute atomic E-state index is 12.0. The molecule has 0 spiro atoms. The summed E-state index contributed by atoms with van der Waals surface area (Å²) in [5.41, 5.74) is 2.86. The van der Waals surface area contributed by atoms with Gasteiger partial charge < -0.3 is 5.11 Å². The number of hydrogen-bond donors (Lipinski definition) is 1. The van der Waals surface area contributed by atoms with E-state index < -0.39 is 5.97 Å². The predicted octanol–water partition coefficient (Wildman–Crippen LogP) is 3.35. The average molecular weight is 305 g/mol. The predicted molar refractivity (Wildman–Crippen MR) is 85.1 cm³/mol. The number of nitrogens with zero attached hydrogens (tertiary/aromatic N) is 1. The maximum atomic E-state index is 12.0. The highest BCUT2D eigenvalue weighted by atomic mass is 32.1. The highest BCUT2D eigenvalue weighted by Gasteiger charge is 2.17. The molecule has 21 heavy (non-hydrogen) atoms. The minimum Gasteiger partial charge on any atom is -0.480 e. The van der Waals surface area contributed by atoms with Crippen LogP contribution < -0.4 is 4.87 Å². The number of carboxylic acid groups (broad SMARTS) is 1. The number of aromatic nitrogens is 1. The van der Waals surface area contributed by atoms with Gasteiger partial charge in [0.2, 0.25) is 0 Å². The fourth-order valence-corrected chi connectivity index (χ4v) is 3.26. The van der Waals surface area contributed by atoms with Crippen molar-refractivity contribution >= 4 is 17.3 Å². The van der Waals surface area contributed by atoms with Crippen LogP contribution in [0.25, 0.3) is 11.3 Å². The first-order chi connectivity index (χ1) is 9.93. The van der Waals surface area contributed by atoms with Crippen LogP contribution >= 0.6 is 11.3 Å². The van der Waals surface area contributed by atoms with Gasteiger partial charge in [-0.1, -0.05) is 56.4 Å². The van der Waals surface area contributed by atoms with Crippen molar-refractivity contribution in [3.05, 3.63) is 44.4 Å². The van der Waals surface area contributed by atoms with Crippen molar-refractivity contribution in [2.75, 3.05) is 0 Å². The van der Waals surface area contributed by atoms with Crippen LogP contribution in [-0.4, -0.2) is 15.6 Å². The Morgan fingerprint density at radius 1 is 1.29 bits per heavy atom. The summed E-state index contributed by atoms with van der Waals surface area (Å²) in [6, 6.07) is 8.00. The highest BCUT2D eigenvalue weighted by molar-refractivity contribution is 7.09. The molecule has 1 aromatic heterocycles.